The molecule has 0 radical (unpaired) electrons. The summed E-state index contributed by atoms with van der Waals surface area (Å²) in [7, 11) is -3.66. The summed E-state index contributed by atoms with van der Waals surface area (Å²) in [5, 5.41) is 0. The second kappa shape index (κ2) is 5.25. The van der Waals surface area contributed by atoms with Crippen LogP contribution in [0.5, 0.6) is 0 Å². The van der Waals surface area contributed by atoms with Gasteiger partial charge in [0.25, 0.3) is 0 Å². The molecule has 128 valence electrons. The van der Waals surface area contributed by atoms with Gasteiger partial charge in [0, 0.05) is 24.4 Å². The Labute approximate surface area is 150 Å². The molecule has 1 aliphatic rings. The van der Waals surface area contributed by atoms with E-state index in [0.717, 1.165) is 11.4 Å². The number of hydrogen-bond acceptors (Lipinski definition) is 4. The molecule has 0 spiro atoms. The van der Waals surface area contributed by atoms with Crippen LogP contribution in [-0.2, 0) is 16.3 Å². The first-order valence-electron chi connectivity index (χ1n) is 8.42. The third kappa shape index (κ3) is 1.87. The van der Waals surface area contributed by atoms with Gasteiger partial charge < -0.3 is 0 Å². The van der Waals surface area contributed by atoms with Gasteiger partial charge in [-0.05, 0) is 35.9 Å². The van der Waals surface area contributed by atoms with E-state index in [9.17, 15) is 8.42 Å². The number of rotatable bonds is 2. The maximum absolute atomic E-state index is 13.5. The lowest BCUT2D eigenvalue weighted by molar-refractivity contribution is 0.594. The molecule has 0 amide bonds. The molecule has 0 saturated carbocycles. The van der Waals surface area contributed by atoms with E-state index in [-0.39, 0.29) is 0 Å². The van der Waals surface area contributed by atoms with E-state index >= 15 is 0 Å². The van der Waals surface area contributed by atoms with Crippen molar-refractivity contribution in [2.24, 2.45) is 0 Å². The molecule has 0 fully saturated rings. The highest BCUT2D eigenvalue weighted by atomic mass is 32.2. The van der Waals surface area contributed by atoms with Crippen LogP contribution >= 0.6 is 0 Å². The van der Waals surface area contributed by atoms with Crippen LogP contribution in [0.1, 0.15) is 12.7 Å². The molecule has 0 aliphatic carbocycles. The van der Waals surface area contributed by atoms with Crippen molar-refractivity contribution < 1.29 is 8.42 Å². The molecule has 0 unspecified atom stereocenters. The number of pyridine rings is 1. The van der Waals surface area contributed by atoms with Crippen LogP contribution in [0.15, 0.2) is 70.7 Å². The van der Waals surface area contributed by atoms with Crippen molar-refractivity contribution in [1.29, 1.82) is 0 Å². The summed E-state index contributed by atoms with van der Waals surface area (Å²) in [4.78, 5) is 9.38. The third-order valence-corrected chi connectivity index (χ3v) is 6.69. The summed E-state index contributed by atoms with van der Waals surface area (Å²) in [5.74, 6) is 0.857. The van der Waals surface area contributed by atoms with Gasteiger partial charge in [0.1, 0.15) is 10.7 Å². The Balaban J connectivity index is 2.03. The van der Waals surface area contributed by atoms with E-state index in [2.05, 4.69) is 9.97 Å². The molecule has 0 N–H and O–H groups in total. The molecular formula is C20H15N3O2S. The molecule has 6 heteroatoms. The average Bonchev–Trinajstić information content (AvgIpc) is 3.05. The highest BCUT2D eigenvalue weighted by Gasteiger charge is 2.35. The molecule has 4 aromatic rings. The maximum atomic E-state index is 13.5. The third-order valence-electron chi connectivity index (χ3n) is 4.81. The van der Waals surface area contributed by atoms with E-state index in [1.807, 2.05) is 47.9 Å². The van der Waals surface area contributed by atoms with E-state index < -0.39 is 9.84 Å². The predicted octanol–water partition coefficient (Wildman–Crippen LogP) is 3.80. The average molecular weight is 361 g/mol. The van der Waals surface area contributed by atoms with Crippen LogP contribution in [-0.4, -0.2) is 23.0 Å². The predicted molar refractivity (Wildman–Crippen MR) is 99.1 cm³/mol. The molecule has 26 heavy (non-hydrogen) atoms. The standard InChI is InChI=1S/C20H15N3O2S/c1-2-18-22-15-8-7-14(13-9-11-21-12-10-13)20-19(15)23(18)16-5-3-4-6-17(16)26(20,24)25/h3-12H,2H2,1H3. The van der Waals surface area contributed by atoms with Gasteiger partial charge in [-0.15, -0.1) is 0 Å². The van der Waals surface area contributed by atoms with E-state index in [0.29, 0.717) is 38.5 Å². The van der Waals surface area contributed by atoms with Crippen LogP contribution in [0.25, 0.3) is 27.8 Å². The van der Waals surface area contributed by atoms with Gasteiger partial charge in [-0.25, -0.2) is 13.4 Å². The summed E-state index contributed by atoms with van der Waals surface area (Å²) >= 11 is 0. The number of hydrogen-bond donors (Lipinski definition) is 0. The first-order chi connectivity index (χ1) is 12.6. The fourth-order valence-corrected chi connectivity index (χ4v) is 5.53. The second-order valence-electron chi connectivity index (χ2n) is 6.23. The summed E-state index contributed by atoms with van der Waals surface area (Å²) in [6, 6.07) is 14.5. The van der Waals surface area contributed by atoms with Crippen molar-refractivity contribution >= 4 is 20.9 Å². The monoisotopic (exact) mass is 361 g/mol. The van der Waals surface area contributed by atoms with Crippen LogP contribution in [0.4, 0.5) is 0 Å². The normalized spacial score (nSPS) is 14.3. The summed E-state index contributed by atoms with van der Waals surface area (Å²) in [6.07, 6.45) is 4.06. The van der Waals surface area contributed by atoms with E-state index in [1.54, 1.807) is 24.5 Å². The van der Waals surface area contributed by atoms with Gasteiger partial charge in [-0.2, -0.15) is 0 Å². The number of nitrogens with zero attached hydrogens (tertiary/aromatic N) is 3. The Hall–Kier alpha value is -2.99. The highest BCUT2D eigenvalue weighted by molar-refractivity contribution is 7.92. The van der Waals surface area contributed by atoms with Crippen molar-refractivity contribution in [3.63, 3.8) is 0 Å². The van der Waals surface area contributed by atoms with Crippen molar-refractivity contribution in [2.75, 3.05) is 0 Å². The largest absolute Gasteiger partial charge is 0.294 e. The fraction of sp³-hybridized carbons (Fsp3) is 0.100. The number of para-hydroxylation sites is 1. The number of fused-ring (bicyclic) bond motifs is 2. The van der Waals surface area contributed by atoms with Crippen LogP contribution in [0, 0.1) is 0 Å². The molecule has 2 aromatic heterocycles. The molecular weight excluding hydrogens is 346 g/mol. The van der Waals surface area contributed by atoms with E-state index in [1.165, 1.54) is 0 Å². The molecule has 3 heterocycles. The van der Waals surface area contributed by atoms with Crippen molar-refractivity contribution in [3.8, 4) is 16.8 Å². The van der Waals surface area contributed by atoms with Gasteiger partial charge in [0.05, 0.1) is 21.6 Å². The topological polar surface area (TPSA) is 64.8 Å². The molecule has 0 bridgehead atoms. The Kier molecular flexibility index (Phi) is 3.09. The minimum atomic E-state index is -3.66. The SMILES string of the molecule is CCc1nc2ccc(-c3ccncc3)c3c2n1-c1ccccc1S3(=O)=O. The minimum Gasteiger partial charge on any atom is -0.294 e. The lowest BCUT2D eigenvalue weighted by Crippen LogP contribution is -2.16. The van der Waals surface area contributed by atoms with Gasteiger partial charge in [0.15, 0.2) is 0 Å². The van der Waals surface area contributed by atoms with E-state index in [4.69, 9.17) is 0 Å². The Morgan fingerprint density at radius 1 is 1.00 bits per heavy atom. The lowest BCUT2D eigenvalue weighted by Gasteiger charge is -2.22. The minimum absolute atomic E-state index is 0.322. The number of imidazole rings is 1. The van der Waals surface area contributed by atoms with Crippen molar-refractivity contribution in [1.82, 2.24) is 14.5 Å². The van der Waals surface area contributed by atoms with Crippen LogP contribution in [0.3, 0.4) is 0 Å². The number of aryl methyl sites for hydroxylation is 1. The molecule has 1 aliphatic heterocycles. The first-order valence-corrected chi connectivity index (χ1v) is 9.90. The first kappa shape index (κ1) is 15.3. The molecule has 0 atom stereocenters. The zero-order chi connectivity index (χ0) is 17.9. The van der Waals surface area contributed by atoms with Crippen LogP contribution < -0.4 is 0 Å². The zero-order valence-electron chi connectivity index (χ0n) is 14.0. The van der Waals surface area contributed by atoms with Gasteiger partial charge in [0.2, 0.25) is 9.84 Å². The number of aromatic nitrogens is 3. The Morgan fingerprint density at radius 2 is 1.77 bits per heavy atom. The molecule has 2 aromatic carbocycles. The quantitative estimate of drug-likeness (QED) is 0.480. The van der Waals surface area contributed by atoms with Gasteiger partial charge in [-0.1, -0.05) is 25.1 Å². The van der Waals surface area contributed by atoms with Gasteiger partial charge in [-0.3, -0.25) is 9.55 Å². The highest BCUT2D eigenvalue weighted by Crippen LogP contribution is 2.43. The number of benzene rings is 2. The Morgan fingerprint density at radius 3 is 2.54 bits per heavy atom. The van der Waals surface area contributed by atoms with Crippen molar-refractivity contribution in [3.05, 3.63) is 66.7 Å². The summed E-state index contributed by atoms with van der Waals surface area (Å²) in [5.41, 5.74) is 3.54. The summed E-state index contributed by atoms with van der Waals surface area (Å²) in [6.45, 7) is 2.03. The summed E-state index contributed by atoms with van der Waals surface area (Å²) < 4.78 is 29.0. The smallest absolute Gasteiger partial charge is 0.211 e. The Bertz CT molecular complexity index is 1280. The van der Waals surface area contributed by atoms with Gasteiger partial charge >= 0.3 is 0 Å². The lowest BCUT2D eigenvalue weighted by atomic mass is 10.1. The van der Waals surface area contributed by atoms with Crippen LogP contribution in [0.2, 0.25) is 0 Å². The fourth-order valence-electron chi connectivity index (χ4n) is 3.69. The number of sulfone groups is 1. The zero-order valence-corrected chi connectivity index (χ0v) is 14.9. The molecule has 0 saturated heterocycles. The maximum Gasteiger partial charge on any atom is 0.211 e. The molecule has 5 rings (SSSR count). The van der Waals surface area contributed by atoms with Crippen molar-refractivity contribution in [2.45, 2.75) is 23.1 Å². The second-order valence-corrected chi connectivity index (χ2v) is 8.09. The molecule has 5 nitrogen and oxygen atoms in total.